The van der Waals surface area contributed by atoms with Gasteiger partial charge in [0, 0.05) is 6.07 Å². The highest BCUT2D eigenvalue weighted by Crippen LogP contribution is 2.38. The number of nitrogens with zero attached hydrogens (tertiary/aromatic N) is 2. The van der Waals surface area contributed by atoms with Crippen molar-refractivity contribution in [2.75, 3.05) is 0 Å². The van der Waals surface area contributed by atoms with Gasteiger partial charge >= 0.3 is 12.5 Å². The first-order valence-electron chi connectivity index (χ1n) is 4.44. The normalized spacial score (nSPS) is 12.1. The van der Waals surface area contributed by atoms with Crippen molar-refractivity contribution in [1.82, 2.24) is 4.98 Å². The van der Waals surface area contributed by atoms with E-state index in [1.54, 1.807) is 0 Å². The smallest absolute Gasteiger partial charge is 0.388 e. The number of hydrogen-bond acceptors (Lipinski definition) is 3. The van der Waals surface area contributed by atoms with Gasteiger partial charge < -0.3 is 4.74 Å². The maximum absolute atomic E-state index is 12.5. The van der Waals surface area contributed by atoms with Crippen LogP contribution in [0.3, 0.4) is 0 Å². The molecule has 1 rings (SSSR count). The van der Waals surface area contributed by atoms with Crippen molar-refractivity contribution in [2.45, 2.75) is 19.0 Å². The van der Waals surface area contributed by atoms with Crippen molar-refractivity contribution in [1.29, 1.82) is 5.26 Å². The molecule has 1 aromatic rings. The molecule has 19 heavy (non-hydrogen) atoms. The molecule has 0 atom stereocenters. The summed E-state index contributed by atoms with van der Waals surface area (Å²) >= 11 is 5.34. The minimum Gasteiger partial charge on any atom is -0.388 e. The number of nitriles is 1. The standard InChI is InChI=1S/C9H3ClF6N2O/c10-7-4(8(11,12)13)3-6(19-9(14,15)16)18-5(7)1-2-17/h3H,1H2. The maximum atomic E-state index is 12.5. The molecule has 10 heteroatoms. The zero-order chi connectivity index (χ0) is 14.8. The van der Waals surface area contributed by atoms with Gasteiger partial charge in [0.25, 0.3) is 0 Å². The summed E-state index contributed by atoms with van der Waals surface area (Å²) in [6, 6.07) is 1.47. The van der Waals surface area contributed by atoms with E-state index in [2.05, 4.69) is 9.72 Å². The highest BCUT2D eigenvalue weighted by atomic mass is 35.5. The fourth-order valence-corrected chi connectivity index (χ4v) is 1.40. The minimum atomic E-state index is -5.20. The molecule has 0 saturated carbocycles. The summed E-state index contributed by atoms with van der Waals surface area (Å²) in [5.74, 6) is -1.32. The molecule has 0 aliphatic rings. The lowest BCUT2D eigenvalue weighted by atomic mass is 10.2. The van der Waals surface area contributed by atoms with Crippen molar-refractivity contribution < 1.29 is 31.1 Å². The van der Waals surface area contributed by atoms with E-state index in [-0.39, 0.29) is 6.07 Å². The summed E-state index contributed by atoms with van der Waals surface area (Å²) in [5, 5.41) is 7.44. The van der Waals surface area contributed by atoms with E-state index in [9.17, 15) is 26.3 Å². The van der Waals surface area contributed by atoms with Crippen LogP contribution in [0, 0.1) is 11.3 Å². The Morgan fingerprint density at radius 2 is 1.84 bits per heavy atom. The van der Waals surface area contributed by atoms with Gasteiger partial charge in [-0.15, -0.1) is 13.2 Å². The third-order valence-electron chi connectivity index (χ3n) is 1.77. The molecule has 0 bridgehead atoms. The molecule has 0 amide bonds. The molecule has 0 radical (unpaired) electrons. The summed E-state index contributed by atoms with van der Waals surface area (Å²) in [4.78, 5) is 3.12. The number of ether oxygens (including phenoxy) is 1. The quantitative estimate of drug-likeness (QED) is 0.782. The summed E-state index contributed by atoms with van der Waals surface area (Å²) in [7, 11) is 0. The fourth-order valence-electron chi connectivity index (χ4n) is 1.13. The Morgan fingerprint density at radius 1 is 1.26 bits per heavy atom. The molecule has 104 valence electrons. The SMILES string of the molecule is N#CCc1nc(OC(F)(F)F)cc(C(F)(F)F)c1Cl. The zero-order valence-electron chi connectivity index (χ0n) is 8.73. The molecule has 1 heterocycles. The van der Waals surface area contributed by atoms with E-state index in [1.807, 2.05) is 0 Å². The average Bonchev–Trinajstić information content (AvgIpc) is 2.19. The second kappa shape index (κ2) is 5.13. The number of aromatic nitrogens is 1. The number of hydrogen-bond donors (Lipinski definition) is 0. The molecular formula is C9H3ClF6N2O. The van der Waals surface area contributed by atoms with Crippen LogP contribution in [0.4, 0.5) is 26.3 Å². The van der Waals surface area contributed by atoms with Gasteiger partial charge in [-0.05, 0) is 0 Å². The van der Waals surface area contributed by atoms with Crippen LogP contribution in [-0.4, -0.2) is 11.3 Å². The van der Waals surface area contributed by atoms with E-state index in [0.717, 1.165) is 0 Å². The van der Waals surface area contributed by atoms with Crippen LogP contribution in [0.1, 0.15) is 11.3 Å². The first-order valence-corrected chi connectivity index (χ1v) is 4.81. The number of rotatable bonds is 2. The van der Waals surface area contributed by atoms with Crippen LogP contribution in [0.25, 0.3) is 0 Å². The molecule has 0 aliphatic carbocycles. The predicted octanol–water partition coefficient (Wildman–Crippen LogP) is 3.72. The number of alkyl halides is 6. The molecule has 0 aliphatic heterocycles. The Balaban J connectivity index is 3.36. The van der Waals surface area contributed by atoms with Gasteiger partial charge in [-0.2, -0.15) is 18.4 Å². The molecule has 3 nitrogen and oxygen atoms in total. The van der Waals surface area contributed by atoms with Crippen molar-refractivity contribution in [2.24, 2.45) is 0 Å². The number of pyridine rings is 1. The van der Waals surface area contributed by atoms with E-state index in [0.29, 0.717) is 0 Å². The van der Waals surface area contributed by atoms with E-state index in [4.69, 9.17) is 16.9 Å². The number of halogens is 7. The van der Waals surface area contributed by atoms with Gasteiger partial charge in [0.2, 0.25) is 5.88 Å². The van der Waals surface area contributed by atoms with Crippen LogP contribution < -0.4 is 4.74 Å². The lowest BCUT2D eigenvalue weighted by Gasteiger charge is -2.14. The first kappa shape index (κ1) is 15.4. The van der Waals surface area contributed by atoms with E-state index >= 15 is 0 Å². The highest BCUT2D eigenvalue weighted by Gasteiger charge is 2.38. The Bertz CT molecular complexity index is 519. The van der Waals surface area contributed by atoms with E-state index in [1.165, 1.54) is 6.07 Å². The Kier molecular flexibility index (Phi) is 4.15. The third kappa shape index (κ3) is 4.17. The molecule has 1 aromatic heterocycles. The van der Waals surface area contributed by atoms with Crippen molar-refractivity contribution in [3.8, 4) is 11.9 Å². The third-order valence-corrected chi connectivity index (χ3v) is 2.20. The average molecular weight is 305 g/mol. The van der Waals surface area contributed by atoms with Gasteiger partial charge in [-0.25, -0.2) is 4.98 Å². The van der Waals surface area contributed by atoms with E-state index < -0.39 is 41.1 Å². The zero-order valence-corrected chi connectivity index (χ0v) is 9.49. The molecule has 0 unspecified atom stereocenters. The summed E-state index contributed by atoms with van der Waals surface area (Å²) in [6.45, 7) is 0. The molecular weight excluding hydrogens is 302 g/mol. The second-order valence-electron chi connectivity index (χ2n) is 3.15. The molecule has 0 aromatic carbocycles. The summed E-state index contributed by atoms with van der Waals surface area (Å²) < 4.78 is 76.8. The van der Waals surface area contributed by atoms with Gasteiger partial charge in [-0.1, -0.05) is 11.6 Å². The van der Waals surface area contributed by atoms with Crippen LogP contribution in [0.2, 0.25) is 5.02 Å². The Hall–Kier alpha value is -1.69. The molecule has 0 N–H and O–H groups in total. The van der Waals surface area contributed by atoms with Crippen LogP contribution >= 0.6 is 11.6 Å². The van der Waals surface area contributed by atoms with Crippen molar-refractivity contribution in [3.63, 3.8) is 0 Å². The largest absolute Gasteiger partial charge is 0.574 e. The molecule has 0 spiro atoms. The maximum Gasteiger partial charge on any atom is 0.574 e. The topological polar surface area (TPSA) is 45.9 Å². The monoisotopic (exact) mass is 304 g/mol. The van der Waals surface area contributed by atoms with Crippen molar-refractivity contribution >= 4 is 11.6 Å². The van der Waals surface area contributed by atoms with Crippen LogP contribution in [-0.2, 0) is 12.6 Å². The minimum absolute atomic E-state index is 0.0245. The Labute approximate surface area is 107 Å². The highest BCUT2D eigenvalue weighted by molar-refractivity contribution is 6.32. The lowest BCUT2D eigenvalue weighted by Crippen LogP contribution is -2.19. The second-order valence-corrected chi connectivity index (χ2v) is 3.53. The summed E-state index contributed by atoms with van der Waals surface area (Å²) in [5.41, 5.74) is -2.19. The summed E-state index contributed by atoms with van der Waals surface area (Å²) in [6.07, 6.45) is -10.9. The first-order chi connectivity index (χ1) is 8.54. The Morgan fingerprint density at radius 3 is 2.26 bits per heavy atom. The van der Waals surface area contributed by atoms with Crippen LogP contribution in [0.15, 0.2) is 6.07 Å². The fraction of sp³-hybridized carbons (Fsp3) is 0.333. The van der Waals surface area contributed by atoms with Gasteiger partial charge in [0.05, 0.1) is 28.8 Å². The van der Waals surface area contributed by atoms with Gasteiger partial charge in [-0.3, -0.25) is 0 Å². The van der Waals surface area contributed by atoms with Crippen molar-refractivity contribution in [3.05, 3.63) is 22.3 Å². The molecule has 0 fully saturated rings. The molecule has 0 saturated heterocycles. The lowest BCUT2D eigenvalue weighted by molar-refractivity contribution is -0.276. The van der Waals surface area contributed by atoms with Gasteiger partial charge in [0.15, 0.2) is 0 Å². The van der Waals surface area contributed by atoms with Crippen LogP contribution in [0.5, 0.6) is 5.88 Å². The predicted molar refractivity (Wildman–Crippen MR) is 50.2 cm³/mol. The van der Waals surface area contributed by atoms with Gasteiger partial charge in [0.1, 0.15) is 0 Å².